The number of morpholine rings is 1. The summed E-state index contributed by atoms with van der Waals surface area (Å²) in [6.45, 7) is 6.90. The van der Waals surface area contributed by atoms with Gasteiger partial charge in [-0.3, -0.25) is 4.90 Å². The molecule has 1 aromatic heterocycles. The molecule has 3 aromatic rings. The molecule has 2 heterocycles. The molecular formula is C23H27N5O5. The van der Waals surface area contributed by atoms with Gasteiger partial charge in [-0.15, -0.1) is 5.10 Å². The van der Waals surface area contributed by atoms with Crippen molar-refractivity contribution in [1.29, 1.82) is 0 Å². The Morgan fingerprint density at radius 3 is 2.45 bits per heavy atom. The molecule has 1 fully saturated rings. The van der Waals surface area contributed by atoms with Crippen molar-refractivity contribution in [2.75, 3.05) is 36.1 Å². The molecule has 4 rings (SSSR count). The first-order chi connectivity index (χ1) is 15.8. The van der Waals surface area contributed by atoms with Crippen LogP contribution >= 0.6 is 0 Å². The third kappa shape index (κ3) is 4.70. The summed E-state index contributed by atoms with van der Waals surface area (Å²) in [6, 6.07) is 10.5. The summed E-state index contributed by atoms with van der Waals surface area (Å²) in [6.07, 6.45) is 0.149. The number of rotatable bonds is 6. The number of phenolic OH excluding ortho intramolecular Hbond substituents is 2. The average Bonchev–Trinajstić information content (AvgIpc) is 3.27. The molecule has 0 radical (unpaired) electrons. The van der Waals surface area contributed by atoms with Gasteiger partial charge in [-0.1, -0.05) is 31.2 Å². The zero-order valence-electron chi connectivity index (χ0n) is 18.5. The monoisotopic (exact) mass is 453 g/mol. The topological polar surface area (TPSA) is 124 Å². The molecule has 0 aliphatic carbocycles. The van der Waals surface area contributed by atoms with Crippen molar-refractivity contribution >= 4 is 17.6 Å². The molecule has 1 amide bonds. The number of hydrogen-bond donors (Lipinski definition) is 3. The molecule has 2 aromatic carbocycles. The molecular weight excluding hydrogens is 426 g/mol. The normalized spacial score (nSPS) is 14.0. The summed E-state index contributed by atoms with van der Waals surface area (Å²) in [5, 5.41) is 38.4. The molecule has 33 heavy (non-hydrogen) atoms. The fraction of sp³-hybridized carbons (Fsp3) is 0.348. The van der Waals surface area contributed by atoms with Crippen molar-refractivity contribution in [1.82, 2.24) is 15.0 Å². The van der Waals surface area contributed by atoms with Gasteiger partial charge in [0, 0.05) is 24.8 Å². The van der Waals surface area contributed by atoms with Crippen LogP contribution in [0.2, 0.25) is 0 Å². The molecule has 0 saturated carbocycles. The van der Waals surface area contributed by atoms with Crippen LogP contribution < -0.4 is 9.80 Å². The van der Waals surface area contributed by atoms with E-state index in [0.717, 1.165) is 29.2 Å². The average molecular weight is 453 g/mol. The third-order valence-corrected chi connectivity index (χ3v) is 5.67. The van der Waals surface area contributed by atoms with E-state index < -0.39 is 6.09 Å². The van der Waals surface area contributed by atoms with Gasteiger partial charge >= 0.3 is 6.09 Å². The van der Waals surface area contributed by atoms with E-state index in [0.29, 0.717) is 18.8 Å². The van der Waals surface area contributed by atoms with Gasteiger partial charge in [-0.25, -0.2) is 4.79 Å². The van der Waals surface area contributed by atoms with Crippen LogP contribution in [0.3, 0.4) is 0 Å². The fourth-order valence-corrected chi connectivity index (χ4v) is 3.86. The summed E-state index contributed by atoms with van der Waals surface area (Å²) in [5.41, 5.74) is 2.69. The van der Waals surface area contributed by atoms with Gasteiger partial charge in [-0.2, -0.15) is 4.68 Å². The van der Waals surface area contributed by atoms with Crippen LogP contribution in [0.4, 0.5) is 16.3 Å². The first kappa shape index (κ1) is 22.4. The quantitative estimate of drug-likeness (QED) is 0.519. The molecule has 0 unspecified atom stereocenters. The van der Waals surface area contributed by atoms with Gasteiger partial charge in [-0.05, 0) is 35.2 Å². The lowest BCUT2D eigenvalue weighted by Crippen LogP contribution is -2.36. The number of anilines is 2. The Kier molecular flexibility index (Phi) is 6.36. The van der Waals surface area contributed by atoms with E-state index in [-0.39, 0.29) is 35.5 Å². The van der Waals surface area contributed by atoms with Crippen molar-refractivity contribution < 1.29 is 24.9 Å². The highest BCUT2D eigenvalue weighted by molar-refractivity contribution is 5.85. The maximum absolute atomic E-state index is 12.1. The summed E-state index contributed by atoms with van der Waals surface area (Å²) in [7, 11) is 0. The van der Waals surface area contributed by atoms with Gasteiger partial charge < -0.3 is 25.0 Å². The Morgan fingerprint density at radius 1 is 1.12 bits per heavy atom. The molecule has 1 aliphatic heterocycles. The molecule has 3 N–H and O–H groups in total. The Bertz CT molecular complexity index is 1120. The Morgan fingerprint density at radius 2 is 1.82 bits per heavy atom. The fourth-order valence-electron chi connectivity index (χ4n) is 3.86. The molecule has 10 nitrogen and oxygen atoms in total. The van der Waals surface area contributed by atoms with E-state index in [9.17, 15) is 20.1 Å². The highest BCUT2D eigenvalue weighted by Crippen LogP contribution is 2.35. The second-order valence-electron chi connectivity index (χ2n) is 8.19. The summed E-state index contributed by atoms with van der Waals surface area (Å²) in [4.78, 5) is 15.5. The van der Waals surface area contributed by atoms with Crippen molar-refractivity contribution in [2.24, 2.45) is 0 Å². The van der Waals surface area contributed by atoms with Crippen LogP contribution in [-0.2, 0) is 11.3 Å². The minimum absolute atomic E-state index is 0.0168. The lowest BCUT2D eigenvalue weighted by molar-refractivity contribution is 0.122. The number of carboxylic acid groups (broad SMARTS) is 1. The number of carbonyl (C=O) groups is 1. The first-order valence-corrected chi connectivity index (χ1v) is 10.7. The highest BCUT2D eigenvalue weighted by Gasteiger charge is 2.23. The maximum Gasteiger partial charge on any atom is 0.413 e. The number of ether oxygens (including phenoxy) is 1. The molecule has 1 aliphatic rings. The number of aromatic hydroxyl groups is 2. The van der Waals surface area contributed by atoms with E-state index in [2.05, 4.69) is 15.2 Å². The van der Waals surface area contributed by atoms with Crippen LogP contribution in [-0.4, -0.2) is 62.7 Å². The maximum atomic E-state index is 12.1. The van der Waals surface area contributed by atoms with Gasteiger partial charge in [0.1, 0.15) is 17.2 Å². The highest BCUT2D eigenvalue weighted by atomic mass is 16.5. The molecule has 0 atom stereocenters. The van der Waals surface area contributed by atoms with Crippen LogP contribution in [0.25, 0.3) is 5.69 Å². The van der Waals surface area contributed by atoms with Crippen molar-refractivity contribution in [3.63, 3.8) is 0 Å². The summed E-state index contributed by atoms with van der Waals surface area (Å²) < 4.78 is 6.65. The van der Waals surface area contributed by atoms with Crippen LogP contribution in [0.15, 0.2) is 42.6 Å². The third-order valence-electron chi connectivity index (χ3n) is 5.67. The van der Waals surface area contributed by atoms with Crippen LogP contribution in [0.5, 0.6) is 11.5 Å². The largest absolute Gasteiger partial charge is 0.508 e. The van der Waals surface area contributed by atoms with Crippen LogP contribution in [0.1, 0.15) is 30.9 Å². The van der Waals surface area contributed by atoms with E-state index in [1.165, 1.54) is 16.9 Å². The summed E-state index contributed by atoms with van der Waals surface area (Å²) in [5.74, 6) is -0.112. The Balaban J connectivity index is 1.63. The van der Waals surface area contributed by atoms with E-state index >= 15 is 0 Å². The van der Waals surface area contributed by atoms with Gasteiger partial charge in [0.25, 0.3) is 0 Å². The van der Waals surface area contributed by atoms with Gasteiger partial charge in [0.05, 0.1) is 26.0 Å². The number of aromatic nitrogens is 3. The van der Waals surface area contributed by atoms with Crippen molar-refractivity contribution in [3.8, 4) is 17.2 Å². The number of hydrogen-bond acceptors (Lipinski definition) is 7. The lowest BCUT2D eigenvalue weighted by Gasteiger charge is -2.29. The number of nitrogens with zero attached hydrogens (tertiary/aromatic N) is 5. The van der Waals surface area contributed by atoms with Crippen LogP contribution in [0, 0.1) is 0 Å². The number of phenols is 2. The SMILES string of the molecule is CC(C)c1cc(-n2nncc2N(Cc2ccc(N3CCOCC3)cc2)C(=O)O)c(O)cc1O. The summed E-state index contributed by atoms with van der Waals surface area (Å²) >= 11 is 0. The number of amides is 1. The molecule has 0 spiro atoms. The Hall–Kier alpha value is -3.79. The van der Waals surface area contributed by atoms with E-state index in [1.807, 2.05) is 38.1 Å². The molecule has 1 saturated heterocycles. The second kappa shape index (κ2) is 9.37. The zero-order valence-corrected chi connectivity index (χ0v) is 18.5. The second-order valence-corrected chi connectivity index (χ2v) is 8.19. The van der Waals surface area contributed by atoms with Gasteiger partial charge in [0.2, 0.25) is 0 Å². The predicted molar refractivity (Wildman–Crippen MR) is 122 cm³/mol. The van der Waals surface area contributed by atoms with E-state index in [1.54, 1.807) is 6.07 Å². The Labute approximate surface area is 191 Å². The molecule has 0 bridgehead atoms. The molecule has 174 valence electrons. The zero-order chi connectivity index (χ0) is 23.5. The van der Waals surface area contributed by atoms with E-state index in [4.69, 9.17) is 4.74 Å². The van der Waals surface area contributed by atoms with Crippen molar-refractivity contribution in [2.45, 2.75) is 26.3 Å². The number of benzene rings is 2. The smallest absolute Gasteiger partial charge is 0.413 e. The molecule has 10 heteroatoms. The minimum Gasteiger partial charge on any atom is -0.508 e. The minimum atomic E-state index is -1.18. The van der Waals surface area contributed by atoms with Crippen molar-refractivity contribution in [3.05, 3.63) is 53.7 Å². The first-order valence-electron chi connectivity index (χ1n) is 10.7. The predicted octanol–water partition coefficient (Wildman–Crippen LogP) is 3.32. The standard InChI is InChI=1S/C23H27N5O5/c1-15(2)18-11-19(21(30)12-20(18)29)28-22(13-24-25-28)27(23(31)32)14-16-3-5-17(6-4-16)26-7-9-33-10-8-26/h3-6,11-13,15,29-30H,7-10,14H2,1-2H3,(H,31,32). The van der Waals surface area contributed by atoms with Gasteiger partial charge in [0.15, 0.2) is 5.82 Å². The lowest BCUT2D eigenvalue weighted by atomic mass is 10.0.